The number of hydrazine groups is 1. The van der Waals surface area contributed by atoms with Crippen LogP contribution in [0, 0.1) is 17.8 Å². The number of carbonyl (C=O) groups excluding carboxylic acids is 1. The first-order chi connectivity index (χ1) is 14.8. The number of rotatable bonds is 4. The van der Waals surface area contributed by atoms with Crippen molar-refractivity contribution in [1.29, 1.82) is 0 Å². The molecule has 176 valence electrons. The van der Waals surface area contributed by atoms with Gasteiger partial charge in [0.15, 0.2) is 0 Å². The quantitative estimate of drug-likeness (QED) is 0.519. The fourth-order valence-electron chi connectivity index (χ4n) is 7.09. The van der Waals surface area contributed by atoms with Crippen molar-refractivity contribution < 1.29 is 18.3 Å². The number of ether oxygens (including phenoxy) is 1. The van der Waals surface area contributed by atoms with Crippen LogP contribution >= 0.6 is 0 Å². The van der Waals surface area contributed by atoms with Gasteiger partial charge in [-0.3, -0.25) is 15.5 Å². The third kappa shape index (κ3) is 3.70. The Bertz CT molecular complexity index is 693. The summed E-state index contributed by atoms with van der Waals surface area (Å²) in [5, 5.41) is 11.8. The fourth-order valence-corrected chi connectivity index (χ4v) is 7.09. The zero-order valence-electron chi connectivity index (χ0n) is 18.6. The molecule has 1 amide bonds. The van der Waals surface area contributed by atoms with E-state index in [4.69, 9.17) is 4.74 Å². The van der Waals surface area contributed by atoms with Crippen LogP contribution in [0.4, 0.5) is 8.78 Å². The van der Waals surface area contributed by atoms with Crippen LogP contribution < -0.4 is 21.4 Å². The number of carbonyl (C=O) groups is 1. The Hall–Kier alpha value is -0.870. The van der Waals surface area contributed by atoms with Gasteiger partial charge in [0.2, 0.25) is 0 Å². The molecule has 4 saturated heterocycles. The number of alkyl halides is 2. The molecule has 0 aromatic rings. The van der Waals surface area contributed by atoms with Gasteiger partial charge in [-0.25, -0.2) is 13.8 Å². The minimum absolute atomic E-state index is 0.00320. The molecular formula is C22H37F2N5O2. The lowest BCUT2D eigenvalue weighted by atomic mass is 9.67. The van der Waals surface area contributed by atoms with Gasteiger partial charge in [0.1, 0.15) is 17.4 Å². The summed E-state index contributed by atoms with van der Waals surface area (Å²) in [6, 6.07) is 0.100. The summed E-state index contributed by atoms with van der Waals surface area (Å²) in [4.78, 5) is 12.7. The smallest absolute Gasteiger partial charge is 0.253 e. The SMILES string of the molecule is CO[C@@]1(C)C(=O)NC2NCCC(C3NN(CC4(F)CCNCC4)C4CC(F)CCC34)C21. The van der Waals surface area contributed by atoms with Crippen LogP contribution in [-0.2, 0) is 9.53 Å². The van der Waals surface area contributed by atoms with Crippen LogP contribution in [0.25, 0.3) is 0 Å². The Morgan fingerprint density at radius 1 is 1.16 bits per heavy atom. The second-order valence-corrected chi connectivity index (χ2v) is 10.5. The van der Waals surface area contributed by atoms with Crippen LogP contribution in [0.1, 0.15) is 45.4 Å². The van der Waals surface area contributed by atoms with Gasteiger partial charge in [0.25, 0.3) is 5.91 Å². The van der Waals surface area contributed by atoms with Crippen molar-refractivity contribution in [2.24, 2.45) is 17.8 Å². The molecule has 0 bridgehead atoms. The van der Waals surface area contributed by atoms with Crippen LogP contribution in [0.5, 0.6) is 0 Å². The molecular weight excluding hydrogens is 404 g/mol. The van der Waals surface area contributed by atoms with Crippen LogP contribution in [0.15, 0.2) is 0 Å². The average molecular weight is 442 g/mol. The van der Waals surface area contributed by atoms with E-state index >= 15 is 4.39 Å². The summed E-state index contributed by atoms with van der Waals surface area (Å²) < 4.78 is 35.8. The van der Waals surface area contributed by atoms with E-state index in [1.54, 1.807) is 7.11 Å². The number of fused-ring (bicyclic) bond motifs is 2. The van der Waals surface area contributed by atoms with Crippen molar-refractivity contribution in [3.05, 3.63) is 0 Å². The van der Waals surface area contributed by atoms with E-state index in [1.807, 2.05) is 11.9 Å². The van der Waals surface area contributed by atoms with Gasteiger partial charge in [0.05, 0.1) is 6.17 Å². The van der Waals surface area contributed by atoms with Crippen LogP contribution in [0.3, 0.4) is 0 Å². The highest BCUT2D eigenvalue weighted by molar-refractivity contribution is 5.88. The van der Waals surface area contributed by atoms with E-state index in [2.05, 4.69) is 21.4 Å². The normalized spacial score (nSPS) is 47.6. The van der Waals surface area contributed by atoms with Gasteiger partial charge in [-0.15, -0.1) is 0 Å². The lowest BCUT2D eigenvalue weighted by Crippen LogP contribution is -2.59. The zero-order valence-corrected chi connectivity index (χ0v) is 18.6. The Kier molecular flexibility index (Phi) is 5.78. The van der Waals surface area contributed by atoms with Gasteiger partial charge in [-0.05, 0) is 76.9 Å². The number of nitrogens with one attached hydrogen (secondary N) is 4. The Balaban J connectivity index is 1.41. The molecule has 4 aliphatic heterocycles. The Morgan fingerprint density at radius 3 is 2.68 bits per heavy atom. The summed E-state index contributed by atoms with van der Waals surface area (Å²) in [6.07, 6.45) is 2.76. The number of amides is 1. The molecule has 5 fully saturated rings. The molecule has 0 radical (unpaired) electrons. The minimum atomic E-state index is -1.25. The summed E-state index contributed by atoms with van der Waals surface area (Å²) in [6.45, 7) is 4.36. The van der Waals surface area contributed by atoms with E-state index in [9.17, 15) is 9.18 Å². The third-order valence-electron chi connectivity index (χ3n) is 8.86. The Labute approximate surface area is 183 Å². The highest BCUT2D eigenvalue weighted by atomic mass is 19.1. The van der Waals surface area contributed by atoms with Gasteiger partial charge < -0.3 is 15.4 Å². The summed E-state index contributed by atoms with van der Waals surface area (Å²) in [5.74, 6) is 0.337. The van der Waals surface area contributed by atoms with Gasteiger partial charge in [-0.2, -0.15) is 0 Å². The molecule has 9 heteroatoms. The number of halogens is 2. The van der Waals surface area contributed by atoms with E-state index in [0.29, 0.717) is 45.3 Å². The molecule has 1 saturated carbocycles. The number of hydrogen-bond donors (Lipinski definition) is 4. The topological polar surface area (TPSA) is 77.7 Å². The molecule has 7 unspecified atom stereocenters. The summed E-state index contributed by atoms with van der Waals surface area (Å²) in [5.41, 5.74) is 1.52. The molecule has 0 aromatic carbocycles. The first-order valence-electron chi connectivity index (χ1n) is 12.0. The van der Waals surface area contributed by atoms with Gasteiger partial charge in [0, 0.05) is 31.7 Å². The molecule has 1 aliphatic carbocycles. The molecule has 0 aromatic heterocycles. The fraction of sp³-hybridized carbons (Fsp3) is 0.955. The molecule has 7 nitrogen and oxygen atoms in total. The predicted molar refractivity (Wildman–Crippen MR) is 113 cm³/mol. The monoisotopic (exact) mass is 441 g/mol. The van der Waals surface area contributed by atoms with E-state index in [1.165, 1.54) is 0 Å². The van der Waals surface area contributed by atoms with E-state index in [0.717, 1.165) is 19.4 Å². The molecule has 5 aliphatic rings. The molecule has 5 rings (SSSR count). The predicted octanol–water partition coefficient (Wildman–Crippen LogP) is 0.860. The van der Waals surface area contributed by atoms with Crippen molar-refractivity contribution >= 4 is 5.91 Å². The number of piperidine rings is 2. The standard InChI is InChI=1S/C22H37F2N5O2/c1-21(31-2)17-15(5-8-26-19(17)27-20(21)30)18-14-4-3-13(23)11-16(14)29(28-18)12-22(24)6-9-25-10-7-22/h13-19,25-26,28H,3-12H2,1-2H3,(H,27,30)/t13?,14?,15?,16?,17?,18?,19?,21-/m1/s1. The molecule has 4 N–H and O–H groups in total. The number of methoxy groups -OCH3 is 1. The van der Waals surface area contributed by atoms with Crippen LogP contribution in [-0.4, -0.2) is 79.9 Å². The summed E-state index contributed by atoms with van der Waals surface area (Å²) >= 11 is 0. The highest BCUT2D eigenvalue weighted by Gasteiger charge is 2.61. The van der Waals surface area contributed by atoms with Gasteiger partial charge >= 0.3 is 0 Å². The van der Waals surface area contributed by atoms with Crippen LogP contribution in [0.2, 0.25) is 0 Å². The maximum absolute atomic E-state index is 15.6. The largest absolute Gasteiger partial charge is 0.368 e. The van der Waals surface area contributed by atoms with E-state index in [-0.39, 0.29) is 41.9 Å². The molecule has 4 heterocycles. The van der Waals surface area contributed by atoms with Gasteiger partial charge in [-0.1, -0.05) is 0 Å². The number of nitrogens with zero attached hydrogens (tertiary/aromatic N) is 1. The first-order valence-corrected chi connectivity index (χ1v) is 12.0. The van der Waals surface area contributed by atoms with Crippen molar-refractivity contribution in [1.82, 2.24) is 26.4 Å². The zero-order chi connectivity index (χ0) is 21.8. The van der Waals surface area contributed by atoms with E-state index < -0.39 is 17.4 Å². The van der Waals surface area contributed by atoms with Crippen molar-refractivity contribution in [3.63, 3.8) is 0 Å². The van der Waals surface area contributed by atoms with Crippen molar-refractivity contribution in [2.75, 3.05) is 33.3 Å². The lowest BCUT2D eigenvalue weighted by molar-refractivity contribution is -0.143. The molecule has 0 spiro atoms. The first kappa shape index (κ1) is 21.9. The van der Waals surface area contributed by atoms with Crippen molar-refractivity contribution in [3.8, 4) is 0 Å². The third-order valence-corrected chi connectivity index (χ3v) is 8.86. The summed E-state index contributed by atoms with van der Waals surface area (Å²) in [7, 11) is 1.60. The van der Waals surface area contributed by atoms with Crippen molar-refractivity contribution in [2.45, 2.75) is 81.1 Å². The minimum Gasteiger partial charge on any atom is -0.368 e. The number of hydrogen-bond acceptors (Lipinski definition) is 6. The highest BCUT2D eigenvalue weighted by Crippen LogP contribution is 2.47. The second-order valence-electron chi connectivity index (χ2n) is 10.5. The maximum Gasteiger partial charge on any atom is 0.253 e. The molecule has 8 atom stereocenters. The maximum atomic E-state index is 15.6. The lowest BCUT2D eigenvalue weighted by Gasteiger charge is -2.44. The second kappa shape index (κ2) is 8.17. The average Bonchev–Trinajstić information content (AvgIpc) is 3.23. The Morgan fingerprint density at radius 2 is 1.94 bits per heavy atom. The molecule has 31 heavy (non-hydrogen) atoms.